The molecule has 2 aromatic rings. The van der Waals surface area contributed by atoms with Crippen LogP contribution in [0.4, 0.5) is 5.69 Å². The van der Waals surface area contributed by atoms with Crippen LogP contribution in [-0.2, 0) is 10.2 Å². The van der Waals surface area contributed by atoms with Crippen molar-refractivity contribution in [3.8, 4) is 5.75 Å². The van der Waals surface area contributed by atoms with E-state index in [0.717, 1.165) is 21.3 Å². The molecule has 3 nitrogen and oxygen atoms in total. The lowest BCUT2D eigenvalue weighted by atomic mass is 9.87. The lowest BCUT2D eigenvalue weighted by Crippen LogP contribution is -2.22. The summed E-state index contributed by atoms with van der Waals surface area (Å²) in [6.45, 7) is 12.7. The summed E-state index contributed by atoms with van der Waals surface area (Å²) in [5, 5.41) is 3.01. The number of amides is 1. The Morgan fingerprint density at radius 1 is 1.19 bits per heavy atom. The first-order valence-corrected chi connectivity index (χ1v) is 9.71. The van der Waals surface area contributed by atoms with Gasteiger partial charge in [-0.25, -0.2) is 0 Å². The molecule has 0 heterocycles. The molecule has 4 heteroatoms. The number of ether oxygens (including phenoxy) is 1. The monoisotopic (exact) mass is 417 g/mol. The van der Waals surface area contributed by atoms with Crippen LogP contribution < -0.4 is 10.1 Å². The van der Waals surface area contributed by atoms with Crippen molar-refractivity contribution in [1.29, 1.82) is 0 Å². The van der Waals surface area contributed by atoms with Crippen molar-refractivity contribution in [3.63, 3.8) is 0 Å². The Hall–Kier alpha value is -1.81. The van der Waals surface area contributed by atoms with Crippen LogP contribution in [0.15, 0.2) is 40.9 Å². The highest BCUT2D eigenvalue weighted by atomic mass is 79.9. The molecule has 26 heavy (non-hydrogen) atoms. The van der Waals surface area contributed by atoms with Gasteiger partial charge in [-0.2, -0.15) is 0 Å². The molecule has 0 radical (unpaired) electrons. The maximum atomic E-state index is 12.4. The predicted molar refractivity (Wildman–Crippen MR) is 112 cm³/mol. The van der Waals surface area contributed by atoms with Crippen molar-refractivity contribution in [2.24, 2.45) is 0 Å². The summed E-state index contributed by atoms with van der Waals surface area (Å²) in [5.41, 5.74) is 4.35. The number of rotatable bonds is 5. The van der Waals surface area contributed by atoms with Crippen molar-refractivity contribution in [2.45, 2.75) is 52.9 Å². The van der Waals surface area contributed by atoms with E-state index in [4.69, 9.17) is 4.74 Å². The summed E-state index contributed by atoms with van der Waals surface area (Å²) >= 11 is 3.54. The molecule has 140 valence electrons. The molecule has 0 aliphatic carbocycles. The number of hydrogen-bond acceptors (Lipinski definition) is 2. The molecule has 0 aliphatic heterocycles. The molecule has 0 aliphatic rings. The Balaban J connectivity index is 2.07. The second-order valence-corrected chi connectivity index (χ2v) is 8.78. The van der Waals surface area contributed by atoms with E-state index in [1.165, 1.54) is 5.56 Å². The van der Waals surface area contributed by atoms with E-state index < -0.39 is 0 Å². The van der Waals surface area contributed by atoms with Gasteiger partial charge in [0.2, 0.25) is 0 Å². The number of hydrogen-bond donors (Lipinski definition) is 1. The van der Waals surface area contributed by atoms with Gasteiger partial charge in [-0.05, 0) is 63.0 Å². The molecule has 0 saturated carbocycles. The van der Waals surface area contributed by atoms with Crippen molar-refractivity contribution in [3.05, 3.63) is 57.6 Å². The predicted octanol–water partition coefficient (Wildman–Crippen LogP) is 6.20. The SMILES string of the molecule is Cc1cccc(C(C)C)c1NC(=O)COc1ccc(C(C)(C)C)cc1Br. The smallest absolute Gasteiger partial charge is 0.262 e. The molecule has 1 N–H and O–H groups in total. The summed E-state index contributed by atoms with van der Waals surface area (Å²) in [5.74, 6) is 0.847. The highest BCUT2D eigenvalue weighted by Gasteiger charge is 2.16. The zero-order chi connectivity index (χ0) is 19.5. The third kappa shape index (κ3) is 5.10. The molecule has 0 spiro atoms. The van der Waals surface area contributed by atoms with Crippen LogP contribution in [0.1, 0.15) is 57.2 Å². The zero-order valence-electron chi connectivity index (χ0n) is 16.4. The fraction of sp³-hybridized carbons (Fsp3) is 0.409. The molecular weight excluding hydrogens is 390 g/mol. The van der Waals surface area contributed by atoms with Gasteiger partial charge in [-0.15, -0.1) is 0 Å². The van der Waals surface area contributed by atoms with E-state index in [1.807, 2.05) is 37.3 Å². The maximum Gasteiger partial charge on any atom is 0.262 e. The van der Waals surface area contributed by atoms with E-state index in [9.17, 15) is 4.79 Å². The number of halogens is 1. The number of nitrogens with one attached hydrogen (secondary N) is 1. The fourth-order valence-corrected chi connectivity index (χ4v) is 3.24. The van der Waals surface area contributed by atoms with Gasteiger partial charge in [0, 0.05) is 5.69 Å². The van der Waals surface area contributed by atoms with Crippen LogP contribution in [0.2, 0.25) is 0 Å². The zero-order valence-corrected chi connectivity index (χ0v) is 18.0. The van der Waals surface area contributed by atoms with E-state index in [0.29, 0.717) is 11.7 Å². The largest absolute Gasteiger partial charge is 0.483 e. The van der Waals surface area contributed by atoms with Gasteiger partial charge in [0.25, 0.3) is 5.91 Å². The Morgan fingerprint density at radius 3 is 2.46 bits per heavy atom. The first kappa shape index (κ1) is 20.5. The first-order chi connectivity index (χ1) is 12.1. The van der Waals surface area contributed by atoms with Crippen molar-refractivity contribution >= 4 is 27.5 Å². The molecule has 0 unspecified atom stereocenters. The van der Waals surface area contributed by atoms with Crippen LogP contribution in [-0.4, -0.2) is 12.5 Å². The minimum atomic E-state index is -0.159. The fourth-order valence-electron chi connectivity index (χ4n) is 2.75. The minimum absolute atomic E-state index is 0.0284. The molecule has 0 fully saturated rings. The number of carbonyl (C=O) groups excluding carboxylic acids is 1. The number of carbonyl (C=O) groups is 1. The standard InChI is InChI=1S/C22H28BrNO2/c1-14(2)17-9-7-8-15(3)21(17)24-20(25)13-26-19-11-10-16(12-18(19)23)22(4,5)6/h7-12,14H,13H2,1-6H3,(H,24,25). The summed E-state index contributed by atoms with van der Waals surface area (Å²) in [4.78, 5) is 12.4. The lowest BCUT2D eigenvalue weighted by molar-refractivity contribution is -0.118. The van der Waals surface area contributed by atoms with E-state index in [1.54, 1.807) is 0 Å². The van der Waals surface area contributed by atoms with Crippen LogP contribution in [0.25, 0.3) is 0 Å². The van der Waals surface area contributed by atoms with Crippen LogP contribution >= 0.6 is 15.9 Å². The summed E-state index contributed by atoms with van der Waals surface area (Å²) < 4.78 is 6.58. The van der Waals surface area contributed by atoms with Crippen molar-refractivity contribution < 1.29 is 9.53 Å². The Labute approximate surface area is 165 Å². The second-order valence-electron chi connectivity index (χ2n) is 7.93. The molecule has 2 aromatic carbocycles. The highest BCUT2D eigenvalue weighted by Crippen LogP contribution is 2.32. The molecule has 1 amide bonds. The maximum absolute atomic E-state index is 12.4. The van der Waals surface area contributed by atoms with Crippen molar-refractivity contribution in [2.75, 3.05) is 11.9 Å². The lowest BCUT2D eigenvalue weighted by Gasteiger charge is -2.20. The molecule has 0 saturated heterocycles. The van der Waals surface area contributed by atoms with Gasteiger partial charge in [0.1, 0.15) is 5.75 Å². The highest BCUT2D eigenvalue weighted by molar-refractivity contribution is 9.10. The van der Waals surface area contributed by atoms with E-state index in [-0.39, 0.29) is 17.9 Å². The summed E-state index contributed by atoms with van der Waals surface area (Å²) in [7, 11) is 0. The first-order valence-electron chi connectivity index (χ1n) is 8.91. The molecule has 0 bridgehead atoms. The molecule has 0 aromatic heterocycles. The van der Waals surface area contributed by atoms with Crippen LogP contribution in [0.5, 0.6) is 5.75 Å². The average molecular weight is 418 g/mol. The topological polar surface area (TPSA) is 38.3 Å². The van der Waals surface area contributed by atoms with Gasteiger partial charge in [-0.3, -0.25) is 4.79 Å². The van der Waals surface area contributed by atoms with Gasteiger partial charge in [0.15, 0.2) is 6.61 Å². The average Bonchev–Trinajstić information content (AvgIpc) is 2.54. The third-order valence-electron chi connectivity index (χ3n) is 4.35. The van der Waals surface area contributed by atoms with Crippen LogP contribution in [0.3, 0.4) is 0 Å². The van der Waals surface area contributed by atoms with Gasteiger partial charge >= 0.3 is 0 Å². The van der Waals surface area contributed by atoms with Gasteiger partial charge in [-0.1, -0.05) is 58.9 Å². The number of para-hydroxylation sites is 1. The van der Waals surface area contributed by atoms with E-state index >= 15 is 0 Å². The summed E-state index contributed by atoms with van der Waals surface area (Å²) in [6, 6.07) is 12.1. The molecular formula is C22H28BrNO2. The number of anilines is 1. The van der Waals surface area contributed by atoms with Crippen molar-refractivity contribution in [1.82, 2.24) is 0 Å². The molecule has 2 rings (SSSR count). The minimum Gasteiger partial charge on any atom is -0.483 e. The Morgan fingerprint density at radius 2 is 1.88 bits per heavy atom. The Bertz CT molecular complexity index is 791. The van der Waals surface area contributed by atoms with Crippen LogP contribution in [0, 0.1) is 6.92 Å². The van der Waals surface area contributed by atoms with Gasteiger partial charge < -0.3 is 10.1 Å². The second kappa shape index (κ2) is 8.26. The number of benzene rings is 2. The third-order valence-corrected chi connectivity index (χ3v) is 4.97. The number of aryl methyl sites for hydroxylation is 1. The quantitative estimate of drug-likeness (QED) is 0.628. The molecule has 0 atom stereocenters. The normalized spacial score (nSPS) is 11.5. The van der Waals surface area contributed by atoms with Gasteiger partial charge in [0.05, 0.1) is 4.47 Å². The van der Waals surface area contributed by atoms with E-state index in [2.05, 4.69) is 61.9 Å². The Kier molecular flexibility index (Phi) is 6.51. The summed E-state index contributed by atoms with van der Waals surface area (Å²) in [6.07, 6.45) is 0.